The number of fused-ring (bicyclic) bond motifs is 2. The lowest BCUT2D eigenvalue weighted by molar-refractivity contribution is -0.160. The summed E-state index contributed by atoms with van der Waals surface area (Å²) in [5.41, 5.74) is 0. The molecule has 0 aromatic heterocycles. The zero-order chi connectivity index (χ0) is 9.71. The Morgan fingerprint density at radius 1 is 1.21 bits per heavy atom. The Balaban J connectivity index is 1.66. The molecule has 0 radical (unpaired) electrons. The third-order valence-corrected chi connectivity index (χ3v) is 4.08. The maximum absolute atomic E-state index is 12.0. The number of carbonyl (C=O) groups is 1. The van der Waals surface area contributed by atoms with Crippen LogP contribution in [0.15, 0.2) is 0 Å². The Kier molecular flexibility index (Phi) is 1.84. The molecular weight excluding hydrogens is 176 g/mol. The summed E-state index contributed by atoms with van der Waals surface area (Å²) in [5.74, 6) is 0.856. The number of hydrogen-bond acceptors (Lipinski definition) is 2. The number of piperazine rings is 1. The zero-order valence-corrected chi connectivity index (χ0v) is 8.78. The van der Waals surface area contributed by atoms with E-state index in [-0.39, 0.29) is 0 Å². The minimum Gasteiger partial charge on any atom is -0.334 e. The third kappa shape index (κ3) is 1.11. The number of likely N-dealkylation sites (N-methyl/N-ethyl adjacent to an activating group) is 1. The fourth-order valence-corrected chi connectivity index (χ4v) is 3.05. The van der Waals surface area contributed by atoms with Crippen molar-refractivity contribution in [3.8, 4) is 0 Å². The molecule has 0 aromatic carbocycles. The van der Waals surface area contributed by atoms with Gasteiger partial charge in [-0.2, -0.15) is 0 Å². The van der Waals surface area contributed by atoms with E-state index in [0.717, 1.165) is 25.9 Å². The molecule has 3 heterocycles. The number of hydrogen-bond donors (Lipinski definition) is 0. The second-order valence-corrected chi connectivity index (χ2v) is 5.14. The number of carbonyl (C=O) groups excluding carboxylic acids is 1. The summed E-state index contributed by atoms with van der Waals surface area (Å²) < 4.78 is 0. The van der Waals surface area contributed by atoms with Gasteiger partial charge in [0, 0.05) is 31.1 Å². The van der Waals surface area contributed by atoms with Crippen LogP contribution >= 0.6 is 0 Å². The van der Waals surface area contributed by atoms with Gasteiger partial charge >= 0.3 is 0 Å². The van der Waals surface area contributed by atoms with Gasteiger partial charge < -0.3 is 9.80 Å². The highest BCUT2D eigenvalue weighted by molar-refractivity contribution is 5.81. The molecule has 1 aliphatic carbocycles. The van der Waals surface area contributed by atoms with Crippen molar-refractivity contribution in [2.75, 3.05) is 20.1 Å². The van der Waals surface area contributed by atoms with Crippen LogP contribution in [-0.2, 0) is 4.79 Å². The molecule has 2 bridgehead atoms. The number of nitrogens with zero attached hydrogens (tertiary/aromatic N) is 2. The Labute approximate surface area is 85.1 Å². The molecule has 3 nitrogen and oxygen atoms in total. The molecule has 78 valence electrons. The van der Waals surface area contributed by atoms with Crippen LogP contribution in [-0.4, -0.2) is 47.9 Å². The van der Waals surface area contributed by atoms with Crippen LogP contribution in [0.1, 0.15) is 25.7 Å². The molecule has 4 fully saturated rings. The van der Waals surface area contributed by atoms with Crippen LogP contribution in [0.25, 0.3) is 0 Å². The van der Waals surface area contributed by atoms with Gasteiger partial charge in [0.15, 0.2) is 0 Å². The highest BCUT2D eigenvalue weighted by Crippen LogP contribution is 2.37. The van der Waals surface area contributed by atoms with E-state index in [1.54, 1.807) is 0 Å². The lowest BCUT2D eigenvalue weighted by atomic mass is 9.80. The molecule has 4 aliphatic rings. The van der Waals surface area contributed by atoms with Crippen LogP contribution in [0.5, 0.6) is 0 Å². The largest absolute Gasteiger partial charge is 0.334 e. The normalized spacial score (nSPS) is 37.6. The van der Waals surface area contributed by atoms with Crippen LogP contribution < -0.4 is 0 Å². The van der Waals surface area contributed by atoms with E-state index < -0.39 is 0 Å². The predicted molar refractivity (Wildman–Crippen MR) is 53.9 cm³/mol. The van der Waals surface area contributed by atoms with E-state index in [1.807, 2.05) is 0 Å². The van der Waals surface area contributed by atoms with Crippen molar-refractivity contribution >= 4 is 5.91 Å². The fourth-order valence-electron chi connectivity index (χ4n) is 3.05. The molecule has 2 unspecified atom stereocenters. The van der Waals surface area contributed by atoms with Crippen molar-refractivity contribution in [3.63, 3.8) is 0 Å². The van der Waals surface area contributed by atoms with Crippen LogP contribution in [0, 0.1) is 5.92 Å². The SMILES string of the molecule is CN1CC2CC(C1)N2C(=O)C1CCC1. The van der Waals surface area contributed by atoms with Crippen molar-refractivity contribution in [2.24, 2.45) is 5.92 Å². The van der Waals surface area contributed by atoms with Gasteiger partial charge in [-0.1, -0.05) is 6.42 Å². The predicted octanol–water partition coefficient (Wildman–Crippen LogP) is 0.701. The van der Waals surface area contributed by atoms with Crippen molar-refractivity contribution in [2.45, 2.75) is 37.8 Å². The fraction of sp³-hybridized carbons (Fsp3) is 0.909. The average Bonchev–Trinajstić information content (AvgIpc) is 1.99. The second kappa shape index (κ2) is 2.96. The minimum absolute atomic E-state index is 0.392. The van der Waals surface area contributed by atoms with Crippen molar-refractivity contribution in [3.05, 3.63) is 0 Å². The summed E-state index contributed by atoms with van der Waals surface area (Å²) in [5, 5.41) is 0. The Morgan fingerprint density at radius 2 is 1.86 bits per heavy atom. The smallest absolute Gasteiger partial charge is 0.226 e. The number of piperidine rings is 1. The van der Waals surface area contributed by atoms with Crippen molar-refractivity contribution < 1.29 is 4.79 Å². The quantitative estimate of drug-likeness (QED) is 0.613. The highest BCUT2D eigenvalue weighted by atomic mass is 16.2. The molecule has 0 N–H and O–H groups in total. The molecule has 1 saturated carbocycles. The summed E-state index contributed by atoms with van der Waals surface area (Å²) in [4.78, 5) is 16.6. The van der Waals surface area contributed by atoms with E-state index >= 15 is 0 Å². The molecule has 2 atom stereocenters. The van der Waals surface area contributed by atoms with E-state index in [9.17, 15) is 4.79 Å². The van der Waals surface area contributed by atoms with Gasteiger partial charge in [-0.25, -0.2) is 0 Å². The molecule has 1 amide bonds. The van der Waals surface area contributed by atoms with E-state index in [0.29, 0.717) is 23.9 Å². The molecule has 3 aliphatic heterocycles. The zero-order valence-electron chi connectivity index (χ0n) is 8.78. The van der Waals surface area contributed by atoms with Gasteiger partial charge in [-0.05, 0) is 26.3 Å². The van der Waals surface area contributed by atoms with Gasteiger partial charge in [0.2, 0.25) is 5.91 Å². The van der Waals surface area contributed by atoms with Crippen LogP contribution in [0.3, 0.4) is 0 Å². The maximum atomic E-state index is 12.0. The molecule has 4 rings (SSSR count). The second-order valence-electron chi connectivity index (χ2n) is 5.14. The van der Waals surface area contributed by atoms with Crippen molar-refractivity contribution in [1.82, 2.24) is 9.80 Å². The first kappa shape index (κ1) is 8.72. The maximum Gasteiger partial charge on any atom is 0.226 e. The topological polar surface area (TPSA) is 23.6 Å². The van der Waals surface area contributed by atoms with Gasteiger partial charge in [0.1, 0.15) is 0 Å². The molecule has 3 saturated heterocycles. The Hall–Kier alpha value is -0.570. The number of rotatable bonds is 1. The molecule has 3 heteroatoms. The molecule has 0 spiro atoms. The van der Waals surface area contributed by atoms with E-state index in [1.165, 1.54) is 12.8 Å². The molecule has 14 heavy (non-hydrogen) atoms. The van der Waals surface area contributed by atoms with Crippen molar-refractivity contribution in [1.29, 1.82) is 0 Å². The first-order valence-electron chi connectivity index (χ1n) is 5.76. The Bertz CT molecular complexity index is 250. The van der Waals surface area contributed by atoms with Crippen LogP contribution in [0.4, 0.5) is 0 Å². The highest BCUT2D eigenvalue weighted by Gasteiger charge is 2.48. The summed E-state index contributed by atoms with van der Waals surface area (Å²) in [6.07, 6.45) is 4.80. The van der Waals surface area contributed by atoms with Gasteiger partial charge in [0.05, 0.1) is 0 Å². The summed E-state index contributed by atoms with van der Waals surface area (Å²) >= 11 is 0. The number of amides is 1. The molecular formula is C11H18N2O. The monoisotopic (exact) mass is 194 g/mol. The van der Waals surface area contributed by atoms with Crippen LogP contribution in [0.2, 0.25) is 0 Å². The van der Waals surface area contributed by atoms with Gasteiger partial charge in [-0.3, -0.25) is 4.79 Å². The van der Waals surface area contributed by atoms with E-state index in [2.05, 4.69) is 16.8 Å². The lowest BCUT2D eigenvalue weighted by Gasteiger charge is -2.57. The van der Waals surface area contributed by atoms with Gasteiger partial charge in [0.25, 0.3) is 0 Å². The lowest BCUT2D eigenvalue weighted by Crippen LogP contribution is -2.70. The first-order chi connectivity index (χ1) is 6.75. The standard InChI is InChI=1S/C11H18N2O/c1-12-6-9-5-10(7-12)13(9)11(14)8-3-2-4-8/h8-10H,2-7H2,1H3. The summed E-state index contributed by atoms with van der Waals surface area (Å²) in [6, 6.07) is 1.10. The van der Waals surface area contributed by atoms with Gasteiger partial charge in [-0.15, -0.1) is 0 Å². The van der Waals surface area contributed by atoms with E-state index in [4.69, 9.17) is 0 Å². The Morgan fingerprint density at radius 3 is 2.36 bits per heavy atom. The first-order valence-corrected chi connectivity index (χ1v) is 5.76. The average molecular weight is 194 g/mol. The molecule has 0 aromatic rings. The minimum atomic E-state index is 0.392. The summed E-state index contributed by atoms with van der Waals surface area (Å²) in [6.45, 7) is 2.18. The third-order valence-electron chi connectivity index (χ3n) is 4.08. The summed E-state index contributed by atoms with van der Waals surface area (Å²) in [7, 11) is 2.16.